The molecule has 0 aliphatic rings. The number of hydrogen-bond donors (Lipinski definition) is 1. The number of thiocarbonyl (C=S) groups is 1. The average Bonchev–Trinajstić information content (AvgIpc) is 1.53. The maximum atomic E-state index is 11.0. The van der Waals surface area contributed by atoms with Gasteiger partial charge in [-0.15, -0.1) is 0 Å². The van der Waals surface area contributed by atoms with Crippen molar-refractivity contribution in [1.29, 1.82) is 0 Å². The highest BCUT2D eigenvalue weighted by atomic mass is 32.2. The minimum absolute atomic E-state index is 0.00579. The van der Waals surface area contributed by atoms with E-state index in [4.69, 9.17) is 5.73 Å². The summed E-state index contributed by atoms with van der Waals surface area (Å²) >= 11 is 4.47. The molecule has 0 atom stereocenters. The SMILES string of the molecule is C=C(C)CS(=O)(=O)CC(N)=S. The van der Waals surface area contributed by atoms with E-state index in [1.165, 1.54) is 0 Å². The van der Waals surface area contributed by atoms with Gasteiger partial charge in [-0.25, -0.2) is 8.42 Å². The lowest BCUT2D eigenvalue weighted by molar-refractivity contribution is 0.602. The van der Waals surface area contributed by atoms with Crippen LogP contribution in [0, 0.1) is 0 Å². The third-order valence-corrected chi connectivity index (χ3v) is 2.84. The molecule has 0 radical (unpaired) electrons. The summed E-state index contributed by atoms with van der Waals surface area (Å²) < 4.78 is 22.0. The largest absolute Gasteiger partial charge is 0.392 e. The molecule has 0 heterocycles. The Morgan fingerprint density at radius 1 is 1.55 bits per heavy atom. The zero-order valence-electron chi connectivity index (χ0n) is 6.33. The molecule has 0 bridgehead atoms. The van der Waals surface area contributed by atoms with Crippen molar-refractivity contribution in [1.82, 2.24) is 0 Å². The minimum atomic E-state index is -3.15. The van der Waals surface area contributed by atoms with Gasteiger partial charge in [0.1, 0.15) is 5.75 Å². The van der Waals surface area contributed by atoms with E-state index in [1.54, 1.807) is 6.92 Å². The van der Waals surface area contributed by atoms with Gasteiger partial charge in [0.25, 0.3) is 0 Å². The summed E-state index contributed by atoms with van der Waals surface area (Å²) in [6, 6.07) is 0. The van der Waals surface area contributed by atoms with Crippen molar-refractivity contribution in [3.05, 3.63) is 12.2 Å². The van der Waals surface area contributed by atoms with Gasteiger partial charge in [-0.2, -0.15) is 0 Å². The van der Waals surface area contributed by atoms with E-state index in [0.29, 0.717) is 5.57 Å². The third kappa shape index (κ3) is 6.00. The van der Waals surface area contributed by atoms with Crippen molar-refractivity contribution >= 4 is 27.0 Å². The van der Waals surface area contributed by atoms with Crippen LogP contribution < -0.4 is 5.73 Å². The Kier molecular flexibility index (Phi) is 3.68. The van der Waals surface area contributed by atoms with E-state index in [1.807, 2.05) is 0 Å². The minimum Gasteiger partial charge on any atom is -0.392 e. The molecule has 0 saturated heterocycles. The molecule has 0 amide bonds. The van der Waals surface area contributed by atoms with E-state index in [9.17, 15) is 8.42 Å². The van der Waals surface area contributed by atoms with E-state index < -0.39 is 9.84 Å². The molecule has 0 rings (SSSR count). The summed E-state index contributed by atoms with van der Waals surface area (Å²) in [6.07, 6.45) is 0. The predicted octanol–water partition coefficient (Wildman–Crippen LogP) is 0.263. The molecular weight excluding hydrogens is 182 g/mol. The average molecular weight is 193 g/mol. The number of sulfone groups is 1. The molecule has 0 aromatic heterocycles. The first-order chi connectivity index (χ1) is 4.83. The standard InChI is InChI=1S/C6H11NO2S2/c1-5(2)3-11(8,9)4-6(7)10/h1,3-4H2,2H3,(H2,7,10). The monoisotopic (exact) mass is 193 g/mol. The Bertz CT molecular complexity index is 244. The van der Waals surface area contributed by atoms with Gasteiger partial charge >= 0.3 is 0 Å². The Labute approximate surface area is 72.2 Å². The lowest BCUT2D eigenvalue weighted by atomic mass is 10.4. The second kappa shape index (κ2) is 3.82. The molecule has 5 heteroatoms. The molecule has 64 valence electrons. The topological polar surface area (TPSA) is 60.2 Å². The molecule has 0 fully saturated rings. The van der Waals surface area contributed by atoms with Crippen LogP contribution in [0.4, 0.5) is 0 Å². The van der Waals surface area contributed by atoms with Gasteiger partial charge in [-0.3, -0.25) is 0 Å². The van der Waals surface area contributed by atoms with Crippen LogP contribution in [0.1, 0.15) is 6.92 Å². The molecule has 0 saturated carbocycles. The van der Waals surface area contributed by atoms with Gasteiger partial charge in [0.2, 0.25) is 0 Å². The zero-order chi connectivity index (χ0) is 9.07. The molecule has 2 N–H and O–H groups in total. The highest BCUT2D eigenvalue weighted by Gasteiger charge is 2.11. The van der Waals surface area contributed by atoms with Gasteiger partial charge in [0.15, 0.2) is 9.84 Å². The summed E-state index contributed by atoms with van der Waals surface area (Å²) in [6.45, 7) is 5.13. The quantitative estimate of drug-likeness (QED) is 0.514. The van der Waals surface area contributed by atoms with Crippen molar-refractivity contribution in [2.75, 3.05) is 11.5 Å². The number of nitrogens with two attached hydrogens (primary N) is 1. The summed E-state index contributed by atoms with van der Waals surface area (Å²) in [5.74, 6) is -0.264. The molecule has 0 unspecified atom stereocenters. The van der Waals surface area contributed by atoms with Gasteiger partial charge < -0.3 is 5.73 Å². The Balaban J connectivity index is 4.25. The maximum Gasteiger partial charge on any atom is 0.160 e. The van der Waals surface area contributed by atoms with E-state index in [-0.39, 0.29) is 16.5 Å². The summed E-state index contributed by atoms with van der Waals surface area (Å²) in [5, 5.41) is 0. The first-order valence-electron chi connectivity index (χ1n) is 2.96. The summed E-state index contributed by atoms with van der Waals surface area (Å²) in [5.41, 5.74) is 5.68. The molecule has 0 spiro atoms. The van der Waals surface area contributed by atoms with Crippen molar-refractivity contribution in [3.8, 4) is 0 Å². The Morgan fingerprint density at radius 2 is 2.00 bits per heavy atom. The van der Waals surface area contributed by atoms with Crippen LogP contribution in [0.25, 0.3) is 0 Å². The first-order valence-corrected chi connectivity index (χ1v) is 5.19. The maximum absolute atomic E-state index is 11.0. The lowest BCUT2D eigenvalue weighted by Gasteiger charge is -2.00. The van der Waals surface area contributed by atoms with Crippen molar-refractivity contribution in [2.24, 2.45) is 5.73 Å². The second-order valence-corrected chi connectivity index (χ2v) is 5.04. The van der Waals surface area contributed by atoms with Crippen LogP contribution in [0.3, 0.4) is 0 Å². The van der Waals surface area contributed by atoms with E-state index in [0.717, 1.165) is 0 Å². The predicted molar refractivity (Wildman–Crippen MR) is 50.3 cm³/mol. The van der Waals surface area contributed by atoms with Crippen LogP contribution in [-0.4, -0.2) is 24.9 Å². The second-order valence-electron chi connectivity index (χ2n) is 2.46. The Hall–Kier alpha value is -0.420. The lowest BCUT2D eigenvalue weighted by Crippen LogP contribution is -2.23. The number of hydrogen-bond acceptors (Lipinski definition) is 3. The van der Waals surface area contributed by atoms with E-state index >= 15 is 0 Å². The molecule has 3 nitrogen and oxygen atoms in total. The third-order valence-electron chi connectivity index (χ3n) is 0.828. The fourth-order valence-corrected chi connectivity index (χ4v) is 2.47. The van der Waals surface area contributed by atoms with Gasteiger partial charge in [-0.05, 0) is 6.92 Å². The van der Waals surface area contributed by atoms with Crippen molar-refractivity contribution in [2.45, 2.75) is 6.92 Å². The smallest absolute Gasteiger partial charge is 0.160 e. The Morgan fingerprint density at radius 3 is 2.27 bits per heavy atom. The normalized spacial score (nSPS) is 11.0. The highest BCUT2D eigenvalue weighted by Crippen LogP contribution is 1.97. The van der Waals surface area contributed by atoms with Crippen molar-refractivity contribution in [3.63, 3.8) is 0 Å². The molecular formula is C6H11NO2S2. The molecule has 0 aliphatic heterocycles. The molecule has 0 aromatic carbocycles. The van der Waals surface area contributed by atoms with Crippen molar-refractivity contribution < 1.29 is 8.42 Å². The number of rotatable bonds is 4. The fraction of sp³-hybridized carbons (Fsp3) is 0.500. The molecule has 0 aromatic rings. The molecule has 0 aliphatic carbocycles. The van der Waals surface area contributed by atoms with Crippen LogP contribution in [0.2, 0.25) is 0 Å². The summed E-state index contributed by atoms with van der Waals surface area (Å²) in [7, 11) is -3.15. The van der Waals surface area contributed by atoms with Crippen LogP contribution in [0.5, 0.6) is 0 Å². The first kappa shape index (κ1) is 10.6. The van der Waals surface area contributed by atoms with Gasteiger partial charge in [0, 0.05) is 0 Å². The van der Waals surface area contributed by atoms with Crippen LogP contribution in [0.15, 0.2) is 12.2 Å². The van der Waals surface area contributed by atoms with Crippen LogP contribution >= 0.6 is 12.2 Å². The highest BCUT2D eigenvalue weighted by molar-refractivity contribution is 7.94. The van der Waals surface area contributed by atoms with Gasteiger partial charge in [0.05, 0.1) is 10.7 Å². The fourth-order valence-electron chi connectivity index (χ4n) is 0.643. The van der Waals surface area contributed by atoms with Crippen LogP contribution in [-0.2, 0) is 9.84 Å². The zero-order valence-corrected chi connectivity index (χ0v) is 7.96. The summed E-state index contributed by atoms with van der Waals surface area (Å²) in [4.78, 5) is 0.00579. The van der Waals surface area contributed by atoms with E-state index in [2.05, 4.69) is 18.8 Å². The molecule has 11 heavy (non-hydrogen) atoms. The van der Waals surface area contributed by atoms with Gasteiger partial charge in [-0.1, -0.05) is 24.4 Å².